The number of carbonyl (C=O) groups is 2. The highest BCUT2D eigenvalue weighted by atomic mass is 16.2. The van der Waals surface area contributed by atoms with Gasteiger partial charge in [0.1, 0.15) is 0 Å². The number of nitrogens with two attached hydrogens (primary N) is 1. The van der Waals surface area contributed by atoms with E-state index in [2.05, 4.69) is 11.1 Å². The zero-order chi connectivity index (χ0) is 5.86. The lowest BCUT2D eigenvalue weighted by molar-refractivity contribution is -0.136. The highest BCUT2D eigenvalue weighted by Crippen LogP contribution is 1.53. The van der Waals surface area contributed by atoms with Gasteiger partial charge >= 0.3 is 11.8 Å². The second kappa shape index (κ2) is 2.17. The smallest absolute Gasteiger partial charge is 0.308 e. The Balaban J connectivity index is 3.58. The van der Waals surface area contributed by atoms with Crippen molar-refractivity contribution in [1.82, 2.24) is 5.32 Å². The quantitative estimate of drug-likeness (QED) is 0.355. The summed E-state index contributed by atoms with van der Waals surface area (Å²) in [6.07, 6.45) is 0. The third-order valence-corrected chi connectivity index (χ3v) is 0.451. The molecule has 0 saturated heterocycles. The first-order valence-corrected chi connectivity index (χ1v) is 1.70. The second-order valence-corrected chi connectivity index (χ2v) is 0.943. The van der Waals surface area contributed by atoms with Crippen molar-refractivity contribution in [2.24, 2.45) is 5.73 Å². The number of hydrogen-bond donors (Lipinski definition) is 2. The van der Waals surface area contributed by atoms with Gasteiger partial charge in [0.05, 0.1) is 0 Å². The number of primary amides is 1. The van der Waals surface area contributed by atoms with Crippen molar-refractivity contribution in [2.45, 2.75) is 0 Å². The lowest BCUT2D eigenvalue weighted by Crippen LogP contribution is -2.33. The van der Waals surface area contributed by atoms with Gasteiger partial charge in [0.15, 0.2) is 0 Å². The Bertz CT molecular complexity index is 99.1. The number of hydrogen-bond acceptors (Lipinski definition) is 2. The number of nitrogens with one attached hydrogen (secondary N) is 1. The fourth-order valence-corrected chi connectivity index (χ4v) is 0.123. The Kier molecular flexibility index (Phi) is 1.84. The Morgan fingerprint density at radius 3 is 2.00 bits per heavy atom. The standard InChI is InChI=1S/C3H6N2O2/c1-5-3(7)2(4)6/h1H3,(H2,4,6)(H,5,7). The van der Waals surface area contributed by atoms with E-state index in [1.54, 1.807) is 0 Å². The summed E-state index contributed by atoms with van der Waals surface area (Å²) in [4.78, 5) is 19.7. The van der Waals surface area contributed by atoms with Crippen molar-refractivity contribution in [2.75, 3.05) is 7.05 Å². The average Bonchev–Trinajstić information content (AvgIpc) is 1.65. The van der Waals surface area contributed by atoms with E-state index in [9.17, 15) is 9.59 Å². The Morgan fingerprint density at radius 1 is 1.57 bits per heavy atom. The van der Waals surface area contributed by atoms with E-state index in [1.807, 2.05) is 0 Å². The second-order valence-electron chi connectivity index (χ2n) is 0.943. The monoisotopic (exact) mass is 102 g/mol. The molecule has 0 aliphatic heterocycles. The van der Waals surface area contributed by atoms with Gasteiger partial charge in [-0.05, 0) is 0 Å². The summed E-state index contributed by atoms with van der Waals surface area (Å²) < 4.78 is 0. The molecular formula is C3H6N2O2. The lowest BCUT2D eigenvalue weighted by Gasteiger charge is -1.86. The van der Waals surface area contributed by atoms with Crippen LogP contribution in [-0.4, -0.2) is 18.9 Å². The van der Waals surface area contributed by atoms with E-state index in [4.69, 9.17) is 0 Å². The predicted octanol–water partition coefficient (Wildman–Crippen LogP) is -1.78. The van der Waals surface area contributed by atoms with Crippen molar-refractivity contribution in [3.05, 3.63) is 0 Å². The minimum atomic E-state index is -0.956. The Morgan fingerprint density at radius 2 is 2.00 bits per heavy atom. The highest BCUT2D eigenvalue weighted by molar-refractivity contribution is 6.34. The maximum Gasteiger partial charge on any atom is 0.308 e. The molecule has 0 aromatic rings. The third-order valence-electron chi connectivity index (χ3n) is 0.451. The van der Waals surface area contributed by atoms with Crippen molar-refractivity contribution in [3.63, 3.8) is 0 Å². The van der Waals surface area contributed by atoms with Gasteiger partial charge in [0, 0.05) is 7.05 Å². The normalized spacial score (nSPS) is 7.57. The minimum absolute atomic E-state index is 0.764. The average molecular weight is 102 g/mol. The third kappa shape index (κ3) is 1.75. The van der Waals surface area contributed by atoms with Crippen LogP contribution in [0.1, 0.15) is 0 Å². The first-order valence-electron chi connectivity index (χ1n) is 1.70. The molecule has 2 amide bonds. The van der Waals surface area contributed by atoms with Gasteiger partial charge in [0.25, 0.3) is 0 Å². The summed E-state index contributed by atoms with van der Waals surface area (Å²) in [6, 6.07) is 0. The van der Waals surface area contributed by atoms with Crippen LogP contribution in [0.15, 0.2) is 0 Å². The first kappa shape index (κ1) is 5.94. The molecule has 0 fully saturated rings. The van der Waals surface area contributed by atoms with Gasteiger partial charge in [-0.1, -0.05) is 0 Å². The zero-order valence-corrected chi connectivity index (χ0v) is 3.89. The molecule has 0 bridgehead atoms. The van der Waals surface area contributed by atoms with Gasteiger partial charge in [-0.3, -0.25) is 9.59 Å². The zero-order valence-electron chi connectivity index (χ0n) is 3.89. The molecule has 0 heterocycles. The largest absolute Gasteiger partial charge is 0.361 e. The molecule has 0 aliphatic carbocycles. The summed E-state index contributed by atoms with van der Waals surface area (Å²) in [5, 5.41) is 2.05. The molecule has 3 N–H and O–H groups in total. The number of rotatable bonds is 0. The van der Waals surface area contributed by atoms with Crippen LogP contribution < -0.4 is 11.1 Å². The van der Waals surface area contributed by atoms with Crippen molar-refractivity contribution < 1.29 is 9.59 Å². The SMILES string of the molecule is CNC(=O)C(N)=O. The van der Waals surface area contributed by atoms with Crippen LogP contribution in [0.25, 0.3) is 0 Å². The molecule has 0 saturated carbocycles. The van der Waals surface area contributed by atoms with E-state index in [1.165, 1.54) is 7.05 Å². The summed E-state index contributed by atoms with van der Waals surface area (Å²) in [7, 11) is 1.34. The number of likely N-dealkylation sites (N-methyl/N-ethyl adjacent to an activating group) is 1. The van der Waals surface area contributed by atoms with E-state index in [-0.39, 0.29) is 0 Å². The molecule has 0 spiro atoms. The van der Waals surface area contributed by atoms with Gasteiger partial charge in [-0.2, -0.15) is 0 Å². The summed E-state index contributed by atoms with van der Waals surface area (Å²) in [5.74, 6) is -1.72. The predicted molar refractivity (Wildman–Crippen MR) is 23.3 cm³/mol. The highest BCUT2D eigenvalue weighted by Gasteiger charge is 2.01. The summed E-state index contributed by atoms with van der Waals surface area (Å²) >= 11 is 0. The minimum Gasteiger partial charge on any atom is -0.361 e. The molecule has 0 aromatic heterocycles. The molecule has 0 aromatic carbocycles. The molecule has 4 nitrogen and oxygen atoms in total. The van der Waals surface area contributed by atoms with Crippen molar-refractivity contribution >= 4 is 11.8 Å². The van der Waals surface area contributed by atoms with E-state index in [0.29, 0.717) is 0 Å². The van der Waals surface area contributed by atoms with Crippen molar-refractivity contribution in [3.8, 4) is 0 Å². The van der Waals surface area contributed by atoms with Gasteiger partial charge in [-0.25, -0.2) is 0 Å². The topological polar surface area (TPSA) is 72.2 Å². The number of carbonyl (C=O) groups excluding carboxylic acids is 2. The van der Waals surface area contributed by atoms with Crippen LogP contribution in [-0.2, 0) is 9.59 Å². The van der Waals surface area contributed by atoms with Crippen molar-refractivity contribution in [1.29, 1.82) is 0 Å². The van der Waals surface area contributed by atoms with Crippen LogP contribution in [0.4, 0.5) is 0 Å². The van der Waals surface area contributed by atoms with Gasteiger partial charge < -0.3 is 11.1 Å². The molecule has 40 valence electrons. The maximum absolute atomic E-state index is 9.93. The fraction of sp³-hybridized carbons (Fsp3) is 0.333. The number of amides is 2. The van der Waals surface area contributed by atoms with E-state index in [0.717, 1.165) is 0 Å². The summed E-state index contributed by atoms with van der Waals surface area (Å²) in [6.45, 7) is 0. The first-order chi connectivity index (χ1) is 3.18. The molecule has 7 heavy (non-hydrogen) atoms. The van der Waals surface area contributed by atoms with Crippen LogP contribution in [0.5, 0.6) is 0 Å². The van der Waals surface area contributed by atoms with Crippen LogP contribution in [0.3, 0.4) is 0 Å². The Labute approximate surface area is 40.7 Å². The summed E-state index contributed by atoms with van der Waals surface area (Å²) in [5.41, 5.74) is 4.50. The van der Waals surface area contributed by atoms with Gasteiger partial charge in [-0.15, -0.1) is 0 Å². The van der Waals surface area contributed by atoms with Crippen LogP contribution in [0, 0.1) is 0 Å². The molecule has 0 rings (SSSR count). The molecule has 0 unspecified atom stereocenters. The van der Waals surface area contributed by atoms with Gasteiger partial charge in [0.2, 0.25) is 0 Å². The molecule has 0 atom stereocenters. The molecule has 0 aliphatic rings. The van der Waals surface area contributed by atoms with E-state index < -0.39 is 11.8 Å². The van der Waals surface area contributed by atoms with E-state index >= 15 is 0 Å². The van der Waals surface area contributed by atoms with Crippen LogP contribution >= 0.6 is 0 Å². The fourth-order valence-electron chi connectivity index (χ4n) is 0.123. The molecule has 4 heteroatoms. The molecular weight excluding hydrogens is 96.0 g/mol. The maximum atomic E-state index is 9.93. The molecule has 0 radical (unpaired) electrons. The Hall–Kier alpha value is -1.06. The lowest BCUT2D eigenvalue weighted by atomic mass is 10.6. The van der Waals surface area contributed by atoms with Crippen LogP contribution in [0.2, 0.25) is 0 Å².